The lowest BCUT2D eigenvalue weighted by Gasteiger charge is -2.35. The van der Waals surface area contributed by atoms with E-state index in [-0.39, 0.29) is 4.90 Å². The molecule has 1 aromatic carbocycles. The van der Waals surface area contributed by atoms with Crippen LogP contribution in [0.5, 0.6) is 0 Å². The summed E-state index contributed by atoms with van der Waals surface area (Å²) in [6.45, 7) is 4.49. The topological polar surface area (TPSA) is 98.2 Å². The Labute approximate surface area is 120 Å². The number of rotatable bonds is 3. The van der Waals surface area contributed by atoms with E-state index in [0.29, 0.717) is 23.6 Å². The first kappa shape index (κ1) is 15.1. The van der Waals surface area contributed by atoms with E-state index < -0.39 is 10.0 Å². The van der Waals surface area contributed by atoms with Gasteiger partial charge in [-0.3, -0.25) is 0 Å². The fourth-order valence-electron chi connectivity index (χ4n) is 2.87. The summed E-state index contributed by atoms with van der Waals surface area (Å²) in [5.41, 5.74) is 6.88. The van der Waals surface area contributed by atoms with E-state index in [0.717, 1.165) is 12.1 Å². The lowest BCUT2D eigenvalue weighted by atomic mass is 9.78. The molecule has 3 unspecified atom stereocenters. The van der Waals surface area contributed by atoms with E-state index in [1.165, 1.54) is 18.9 Å². The summed E-state index contributed by atoms with van der Waals surface area (Å²) in [6.07, 6.45) is 3.53. The zero-order valence-corrected chi connectivity index (χ0v) is 12.8. The molecule has 0 spiro atoms. The van der Waals surface area contributed by atoms with Crippen LogP contribution in [0.3, 0.4) is 0 Å². The molecule has 1 aliphatic carbocycles. The molecule has 112 valence electrons. The van der Waals surface area contributed by atoms with Crippen LogP contribution in [0.15, 0.2) is 23.1 Å². The Hall–Kier alpha value is -1.27. The molecule has 0 amide bonds. The molecule has 1 saturated carbocycles. The van der Waals surface area contributed by atoms with Crippen LogP contribution in [0.4, 0.5) is 11.4 Å². The van der Waals surface area contributed by atoms with E-state index in [9.17, 15) is 8.42 Å². The highest BCUT2D eigenvalue weighted by Gasteiger charge is 2.27. The lowest BCUT2D eigenvalue weighted by molar-refractivity contribution is 0.253. The van der Waals surface area contributed by atoms with E-state index in [2.05, 4.69) is 19.2 Å². The maximum Gasteiger partial charge on any atom is 0.238 e. The number of hydrogen-bond acceptors (Lipinski definition) is 4. The number of benzene rings is 1. The smallest absolute Gasteiger partial charge is 0.238 e. The minimum atomic E-state index is -3.73. The molecule has 0 radical (unpaired) electrons. The Bertz CT molecular complexity index is 586. The van der Waals surface area contributed by atoms with Gasteiger partial charge in [-0.25, -0.2) is 13.6 Å². The van der Waals surface area contributed by atoms with Gasteiger partial charge in [-0.1, -0.05) is 26.7 Å². The summed E-state index contributed by atoms with van der Waals surface area (Å²) in [5, 5.41) is 8.58. The first-order valence-corrected chi connectivity index (χ1v) is 8.52. The Morgan fingerprint density at radius 2 is 1.90 bits per heavy atom. The fraction of sp³-hybridized carbons (Fsp3) is 0.571. The molecular weight excluding hydrogens is 274 g/mol. The summed E-state index contributed by atoms with van der Waals surface area (Å²) in [7, 11) is -3.73. The molecular formula is C14H23N3O2S. The van der Waals surface area contributed by atoms with Crippen LogP contribution >= 0.6 is 0 Å². The van der Waals surface area contributed by atoms with Gasteiger partial charge in [0.15, 0.2) is 0 Å². The molecule has 2 rings (SSSR count). The van der Waals surface area contributed by atoms with E-state index in [1.807, 2.05) is 0 Å². The third-order valence-corrected chi connectivity index (χ3v) is 5.21. The number of anilines is 2. The SMILES string of the molecule is CC1CCCC(Nc2cc(N)cc(S(N)(=O)=O)c2)C1C. The van der Waals surface area contributed by atoms with Crippen molar-refractivity contribution in [1.29, 1.82) is 0 Å². The number of nitrogens with one attached hydrogen (secondary N) is 1. The van der Waals surface area contributed by atoms with Crippen LogP contribution in [-0.2, 0) is 10.0 Å². The van der Waals surface area contributed by atoms with Crippen LogP contribution in [0.2, 0.25) is 0 Å². The number of nitrogens with two attached hydrogens (primary N) is 2. The Balaban J connectivity index is 2.23. The van der Waals surface area contributed by atoms with Gasteiger partial charge in [0.25, 0.3) is 0 Å². The van der Waals surface area contributed by atoms with Gasteiger partial charge in [-0.2, -0.15) is 0 Å². The summed E-state index contributed by atoms with van der Waals surface area (Å²) < 4.78 is 22.9. The second-order valence-electron chi connectivity index (χ2n) is 5.85. The van der Waals surface area contributed by atoms with Gasteiger partial charge in [0.1, 0.15) is 0 Å². The molecule has 5 N–H and O–H groups in total. The molecule has 0 aliphatic heterocycles. The van der Waals surface area contributed by atoms with E-state index >= 15 is 0 Å². The highest BCUT2D eigenvalue weighted by Crippen LogP contribution is 2.32. The lowest BCUT2D eigenvalue weighted by Crippen LogP contribution is -2.35. The predicted octanol–water partition coefficient (Wildman–Crippen LogP) is 2.15. The van der Waals surface area contributed by atoms with Crippen molar-refractivity contribution in [2.75, 3.05) is 11.1 Å². The van der Waals surface area contributed by atoms with E-state index in [1.54, 1.807) is 12.1 Å². The van der Waals surface area contributed by atoms with Crippen LogP contribution in [-0.4, -0.2) is 14.5 Å². The monoisotopic (exact) mass is 297 g/mol. The van der Waals surface area contributed by atoms with Crippen molar-refractivity contribution in [2.45, 2.75) is 44.0 Å². The molecule has 0 saturated heterocycles. The first-order valence-electron chi connectivity index (χ1n) is 6.97. The average molecular weight is 297 g/mol. The van der Waals surface area contributed by atoms with Crippen LogP contribution in [0, 0.1) is 11.8 Å². The highest BCUT2D eigenvalue weighted by molar-refractivity contribution is 7.89. The molecule has 1 aliphatic rings. The molecule has 20 heavy (non-hydrogen) atoms. The van der Waals surface area contributed by atoms with Gasteiger partial charge in [0.2, 0.25) is 10.0 Å². The van der Waals surface area contributed by atoms with Crippen LogP contribution in [0.25, 0.3) is 0 Å². The molecule has 0 heterocycles. The second-order valence-corrected chi connectivity index (χ2v) is 7.42. The van der Waals surface area contributed by atoms with Crippen molar-refractivity contribution in [3.05, 3.63) is 18.2 Å². The highest BCUT2D eigenvalue weighted by atomic mass is 32.2. The zero-order valence-electron chi connectivity index (χ0n) is 12.0. The molecule has 1 aromatic rings. The van der Waals surface area contributed by atoms with Gasteiger partial charge in [0, 0.05) is 17.4 Å². The molecule has 0 aromatic heterocycles. The van der Waals surface area contributed by atoms with Crippen molar-refractivity contribution >= 4 is 21.4 Å². The van der Waals surface area contributed by atoms with Crippen LogP contribution in [0.1, 0.15) is 33.1 Å². The summed E-state index contributed by atoms with van der Waals surface area (Å²) in [4.78, 5) is 0.0523. The Kier molecular flexibility index (Phi) is 4.25. The quantitative estimate of drug-likeness (QED) is 0.744. The number of primary sulfonamides is 1. The largest absolute Gasteiger partial charge is 0.399 e. The van der Waals surface area contributed by atoms with Crippen molar-refractivity contribution < 1.29 is 8.42 Å². The normalized spacial score (nSPS) is 27.2. The summed E-state index contributed by atoms with van der Waals surface area (Å²) >= 11 is 0. The fourth-order valence-corrected chi connectivity index (χ4v) is 3.46. The summed E-state index contributed by atoms with van der Waals surface area (Å²) in [5.74, 6) is 1.21. The number of sulfonamides is 1. The van der Waals surface area contributed by atoms with E-state index in [4.69, 9.17) is 10.9 Å². The Morgan fingerprint density at radius 3 is 2.55 bits per heavy atom. The summed E-state index contributed by atoms with van der Waals surface area (Å²) in [6, 6.07) is 5.03. The molecule has 5 nitrogen and oxygen atoms in total. The maximum absolute atomic E-state index is 11.4. The molecule has 0 bridgehead atoms. The molecule has 3 atom stereocenters. The third kappa shape index (κ3) is 3.43. The minimum absolute atomic E-state index is 0.0523. The van der Waals surface area contributed by atoms with Crippen molar-refractivity contribution in [1.82, 2.24) is 0 Å². The third-order valence-electron chi connectivity index (χ3n) is 4.32. The second kappa shape index (κ2) is 5.61. The van der Waals surface area contributed by atoms with Gasteiger partial charge >= 0.3 is 0 Å². The predicted molar refractivity (Wildman–Crippen MR) is 81.8 cm³/mol. The van der Waals surface area contributed by atoms with Crippen molar-refractivity contribution in [3.63, 3.8) is 0 Å². The van der Waals surface area contributed by atoms with Gasteiger partial charge < -0.3 is 11.1 Å². The number of nitrogen functional groups attached to an aromatic ring is 1. The standard InChI is InChI=1S/C14H23N3O2S/c1-9-4-3-5-14(10(9)2)17-12-6-11(15)7-13(8-12)20(16,18)19/h6-10,14,17H,3-5,15H2,1-2H3,(H2,16,18,19). The zero-order chi connectivity index (χ0) is 14.9. The van der Waals surface area contributed by atoms with Gasteiger partial charge in [0.05, 0.1) is 4.90 Å². The minimum Gasteiger partial charge on any atom is -0.399 e. The van der Waals surface area contributed by atoms with Crippen LogP contribution < -0.4 is 16.2 Å². The molecule has 1 fully saturated rings. The van der Waals surface area contributed by atoms with Crippen molar-refractivity contribution in [2.24, 2.45) is 17.0 Å². The van der Waals surface area contributed by atoms with Gasteiger partial charge in [-0.15, -0.1) is 0 Å². The van der Waals surface area contributed by atoms with Gasteiger partial charge in [-0.05, 0) is 36.5 Å². The average Bonchev–Trinajstić information content (AvgIpc) is 2.33. The maximum atomic E-state index is 11.4. The Morgan fingerprint density at radius 1 is 1.20 bits per heavy atom. The number of hydrogen-bond donors (Lipinski definition) is 3. The first-order chi connectivity index (χ1) is 9.27. The molecule has 6 heteroatoms. The van der Waals surface area contributed by atoms with Crippen molar-refractivity contribution in [3.8, 4) is 0 Å².